The normalized spacial score (nSPS) is 11.5. The van der Waals surface area contributed by atoms with Gasteiger partial charge in [-0.3, -0.25) is 0 Å². The summed E-state index contributed by atoms with van der Waals surface area (Å²) in [4.78, 5) is 17.1. The first-order valence-electron chi connectivity index (χ1n) is 9.72. The minimum absolute atomic E-state index is 0.175. The third-order valence-corrected chi connectivity index (χ3v) is 6.13. The van der Waals surface area contributed by atoms with Crippen molar-refractivity contribution in [3.8, 4) is 22.8 Å². The Kier molecular flexibility index (Phi) is 5.62. The van der Waals surface area contributed by atoms with Crippen molar-refractivity contribution in [2.24, 2.45) is 7.05 Å². The van der Waals surface area contributed by atoms with Crippen molar-refractivity contribution in [2.75, 3.05) is 6.26 Å². The zero-order chi connectivity index (χ0) is 22.9. The van der Waals surface area contributed by atoms with Crippen molar-refractivity contribution >= 4 is 9.84 Å². The van der Waals surface area contributed by atoms with Gasteiger partial charge in [-0.25, -0.2) is 18.2 Å². The Hall–Kier alpha value is -3.79. The number of ether oxygens (including phenoxy) is 1. The molecule has 4 aromatic rings. The van der Waals surface area contributed by atoms with E-state index in [1.807, 2.05) is 31.2 Å². The third-order valence-electron chi connectivity index (χ3n) is 5.00. The van der Waals surface area contributed by atoms with Crippen LogP contribution in [-0.4, -0.2) is 39.4 Å². The quantitative estimate of drug-likeness (QED) is 0.442. The van der Waals surface area contributed by atoms with Crippen LogP contribution >= 0.6 is 0 Å². The molecule has 2 heterocycles. The van der Waals surface area contributed by atoms with Crippen molar-refractivity contribution in [3.63, 3.8) is 0 Å². The SMILES string of the molecule is Cc1cccc(-n2nnn(C)c2=O)c1COc1cccc(-c2ccc(S(C)(=O)=O)cc2)n1. The van der Waals surface area contributed by atoms with E-state index in [1.165, 1.54) is 18.0 Å². The molecule has 0 saturated carbocycles. The number of aromatic nitrogens is 5. The second-order valence-corrected chi connectivity index (χ2v) is 9.33. The molecule has 164 valence electrons. The van der Waals surface area contributed by atoms with Gasteiger partial charge in [0.05, 0.1) is 16.3 Å². The Labute approximate surface area is 184 Å². The minimum atomic E-state index is -3.26. The average molecular weight is 452 g/mol. The number of hydrogen-bond acceptors (Lipinski definition) is 7. The molecular weight excluding hydrogens is 430 g/mol. The monoisotopic (exact) mass is 451 g/mol. The summed E-state index contributed by atoms with van der Waals surface area (Å²) in [5, 5.41) is 7.70. The molecular formula is C22H21N5O4S. The summed E-state index contributed by atoms with van der Waals surface area (Å²) in [6.45, 7) is 2.10. The van der Waals surface area contributed by atoms with Gasteiger partial charge in [0.15, 0.2) is 9.84 Å². The predicted molar refractivity (Wildman–Crippen MR) is 118 cm³/mol. The molecule has 0 amide bonds. The summed E-state index contributed by atoms with van der Waals surface area (Å²) < 4.78 is 31.7. The Morgan fingerprint density at radius 3 is 2.34 bits per heavy atom. The van der Waals surface area contributed by atoms with Crippen molar-refractivity contribution in [3.05, 3.63) is 82.3 Å². The Morgan fingerprint density at radius 1 is 0.969 bits per heavy atom. The molecule has 10 heteroatoms. The van der Waals surface area contributed by atoms with Gasteiger partial charge in [-0.15, -0.1) is 0 Å². The fourth-order valence-corrected chi connectivity index (χ4v) is 3.84. The van der Waals surface area contributed by atoms with Crippen LogP contribution in [0.2, 0.25) is 0 Å². The summed E-state index contributed by atoms with van der Waals surface area (Å²) in [6.07, 6.45) is 1.17. The van der Waals surface area contributed by atoms with Crippen LogP contribution in [0.15, 0.2) is 70.4 Å². The van der Waals surface area contributed by atoms with Gasteiger partial charge < -0.3 is 4.74 Å². The maximum absolute atomic E-state index is 12.3. The first-order chi connectivity index (χ1) is 15.2. The molecule has 9 nitrogen and oxygen atoms in total. The molecule has 0 aliphatic carbocycles. The van der Waals surface area contributed by atoms with E-state index in [9.17, 15) is 13.2 Å². The number of sulfone groups is 1. The van der Waals surface area contributed by atoms with E-state index in [4.69, 9.17) is 4.74 Å². The van der Waals surface area contributed by atoms with Gasteiger partial charge in [0.2, 0.25) is 5.88 Å². The van der Waals surface area contributed by atoms with Crippen molar-refractivity contribution in [1.82, 2.24) is 24.8 Å². The smallest absolute Gasteiger partial charge is 0.368 e. The number of nitrogens with zero attached hydrogens (tertiary/aromatic N) is 5. The lowest BCUT2D eigenvalue weighted by Gasteiger charge is -2.13. The third kappa shape index (κ3) is 4.30. The van der Waals surface area contributed by atoms with Crippen LogP contribution in [0.1, 0.15) is 11.1 Å². The maximum Gasteiger partial charge on any atom is 0.368 e. The van der Waals surface area contributed by atoms with E-state index in [2.05, 4.69) is 15.4 Å². The highest BCUT2D eigenvalue weighted by molar-refractivity contribution is 7.90. The highest BCUT2D eigenvalue weighted by Gasteiger charge is 2.14. The Morgan fingerprint density at radius 2 is 1.69 bits per heavy atom. The van der Waals surface area contributed by atoms with Crippen LogP contribution in [0.3, 0.4) is 0 Å². The molecule has 0 bridgehead atoms. The van der Waals surface area contributed by atoms with Crippen LogP contribution in [0.25, 0.3) is 16.9 Å². The van der Waals surface area contributed by atoms with E-state index in [0.29, 0.717) is 17.3 Å². The van der Waals surface area contributed by atoms with Gasteiger partial charge in [0.25, 0.3) is 0 Å². The van der Waals surface area contributed by atoms with Gasteiger partial charge >= 0.3 is 5.69 Å². The molecule has 32 heavy (non-hydrogen) atoms. The fourth-order valence-electron chi connectivity index (χ4n) is 3.21. The zero-order valence-corrected chi connectivity index (χ0v) is 18.6. The Balaban J connectivity index is 1.60. The number of benzene rings is 2. The van der Waals surface area contributed by atoms with E-state index in [-0.39, 0.29) is 17.2 Å². The molecule has 0 spiro atoms. The number of rotatable bonds is 6. The van der Waals surface area contributed by atoms with Crippen LogP contribution in [0, 0.1) is 6.92 Å². The summed E-state index contributed by atoms with van der Waals surface area (Å²) in [5.74, 6) is 0.399. The second-order valence-electron chi connectivity index (χ2n) is 7.32. The number of aryl methyl sites for hydroxylation is 2. The first kappa shape index (κ1) is 21.4. The van der Waals surface area contributed by atoms with E-state index >= 15 is 0 Å². The molecule has 0 aliphatic rings. The fraction of sp³-hybridized carbons (Fsp3) is 0.182. The average Bonchev–Trinajstić information content (AvgIpc) is 3.10. The van der Waals surface area contributed by atoms with Crippen LogP contribution in [0.4, 0.5) is 0 Å². The second kappa shape index (κ2) is 8.39. The zero-order valence-electron chi connectivity index (χ0n) is 17.8. The highest BCUT2D eigenvalue weighted by Crippen LogP contribution is 2.23. The molecule has 4 rings (SSSR count). The molecule has 0 N–H and O–H groups in total. The van der Waals surface area contributed by atoms with Crippen LogP contribution in [-0.2, 0) is 23.5 Å². The number of tetrazole rings is 1. The molecule has 0 saturated heterocycles. The maximum atomic E-state index is 12.3. The largest absolute Gasteiger partial charge is 0.473 e. The van der Waals surface area contributed by atoms with Crippen molar-refractivity contribution in [1.29, 1.82) is 0 Å². The number of hydrogen-bond donors (Lipinski definition) is 0. The predicted octanol–water partition coefficient (Wildman–Crippen LogP) is 2.32. The molecule has 0 atom stereocenters. The van der Waals surface area contributed by atoms with Crippen LogP contribution in [0.5, 0.6) is 5.88 Å². The topological polar surface area (TPSA) is 109 Å². The van der Waals surface area contributed by atoms with Crippen molar-refractivity contribution < 1.29 is 13.2 Å². The highest BCUT2D eigenvalue weighted by atomic mass is 32.2. The molecule has 2 aromatic carbocycles. The lowest BCUT2D eigenvalue weighted by molar-refractivity contribution is 0.293. The summed E-state index contributed by atoms with van der Waals surface area (Å²) in [6, 6.07) is 17.5. The molecule has 0 unspecified atom stereocenters. The van der Waals surface area contributed by atoms with Gasteiger partial charge in [-0.1, -0.05) is 30.3 Å². The summed E-state index contributed by atoms with van der Waals surface area (Å²) in [7, 11) is -1.72. The van der Waals surface area contributed by atoms with Gasteiger partial charge in [-0.2, -0.15) is 9.36 Å². The lowest BCUT2D eigenvalue weighted by Crippen LogP contribution is -2.23. The van der Waals surface area contributed by atoms with Gasteiger partial charge in [0, 0.05) is 30.5 Å². The lowest BCUT2D eigenvalue weighted by atomic mass is 10.1. The van der Waals surface area contributed by atoms with Crippen LogP contribution < -0.4 is 10.4 Å². The number of pyridine rings is 1. The molecule has 2 aromatic heterocycles. The van der Waals surface area contributed by atoms with Gasteiger partial charge in [-0.05, 0) is 47.2 Å². The van der Waals surface area contributed by atoms with Crippen molar-refractivity contribution in [2.45, 2.75) is 18.4 Å². The molecule has 0 aliphatic heterocycles. The van der Waals surface area contributed by atoms with E-state index in [0.717, 1.165) is 21.4 Å². The van der Waals surface area contributed by atoms with E-state index < -0.39 is 9.84 Å². The van der Waals surface area contributed by atoms with E-state index in [1.54, 1.807) is 36.4 Å². The standard InChI is InChI=1S/C22H21N5O4S/c1-15-6-4-8-20(27-22(28)26(2)24-25-27)18(15)14-31-21-9-5-7-19(23-21)16-10-12-17(13-11-16)32(3,29)30/h4-13H,14H2,1-3H3. The first-order valence-corrected chi connectivity index (χ1v) is 11.6. The van der Waals surface area contributed by atoms with Gasteiger partial charge in [0.1, 0.15) is 6.61 Å². The summed E-state index contributed by atoms with van der Waals surface area (Å²) in [5.41, 5.74) is 3.39. The Bertz CT molecular complexity index is 1440. The molecule has 0 fully saturated rings. The minimum Gasteiger partial charge on any atom is -0.473 e. The molecule has 0 radical (unpaired) electrons. The summed E-state index contributed by atoms with van der Waals surface area (Å²) >= 11 is 0.